The molecular formula is C15H23BrN2. The minimum absolute atomic E-state index is 0.410. The zero-order chi connectivity index (χ0) is 13.0. The molecule has 1 aromatic carbocycles. The molecule has 0 aliphatic carbocycles. The Kier molecular flexibility index (Phi) is 5.22. The summed E-state index contributed by atoms with van der Waals surface area (Å²) in [5, 5.41) is 3.67. The van der Waals surface area contributed by atoms with Crippen LogP contribution in [-0.2, 0) is 0 Å². The largest absolute Gasteiger partial charge is 0.310 e. The fourth-order valence-electron chi connectivity index (χ4n) is 2.72. The van der Waals surface area contributed by atoms with E-state index in [0.29, 0.717) is 6.04 Å². The highest BCUT2D eigenvalue weighted by molar-refractivity contribution is 9.10. The van der Waals surface area contributed by atoms with E-state index in [1.807, 2.05) is 0 Å². The molecule has 0 saturated carbocycles. The fraction of sp³-hybridized carbons (Fsp3) is 0.600. The maximum absolute atomic E-state index is 3.67. The molecule has 1 saturated heterocycles. The first-order valence-corrected chi connectivity index (χ1v) is 7.62. The topological polar surface area (TPSA) is 15.3 Å². The molecule has 100 valence electrons. The van der Waals surface area contributed by atoms with E-state index in [9.17, 15) is 0 Å². The Morgan fingerprint density at radius 2 is 2.22 bits per heavy atom. The number of hydrogen-bond donors (Lipinski definition) is 1. The molecule has 1 heterocycles. The lowest BCUT2D eigenvalue weighted by molar-refractivity contribution is 0.203. The summed E-state index contributed by atoms with van der Waals surface area (Å²) in [5.41, 5.74) is 1.35. The highest BCUT2D eigenvalue weighted by Gasteiger charge is 2.18. The summed E-state index contributed by atoms with van der Waals surface area (Å²) in [7, 11) is 2.23. The van der Waals surface area contributed by atoms with Crippen LogP contribution in [0.15, 0.2) is 28.7 Å². The van der Waals surface area contributed by atoms with Crippen molar-refractivity contribution in [2.75, 3.05) is 26.7 Å². The maximum atomic E-state index is 3.67. The Morgan fingerprint density at radius 3 is 2.94 bits per heavy atom. The summed E-state index contributed by atoms with van der Waals surface area (Å²) >= 11 is 3.62. The van der Waals surface area contributed by atoms with Crippen molar-refractivity contribution in [1.29, 1.82) is 0 Å². The standard InChI is InChI=1S/C15H23BrN2/c1-12(14-7-3-4-8-15(14)16)17-10-13-6-5-9-18(2)11-13/h3-4,7-8,12-13,17H,5-6,9-11H2,1-2H3/t12-,13?/m1/s1. The third-order valence-electron chi connectivity index (χ3n) is 3.81. The zero-order valence-electron chi connectivity index (χ0n) is 11.3. The van der Waals surface area contributed by atoms with Crippen LogP contribution >= 0.6 is 15.9 Å². The van der Waals surface area contributed by atoms with Gasteiger partial charge in [0.1, 0.15) is 0 Å². The summed E-state index contributed by atoms with van der Waals surface area (Å²) in [4.78, 5) is 2.44. The Labute approximate surface area is 119 Å². The van der Waals surface area contributed by atoms with Crippen molar-refractivity contribution in [3.63, 3.8) is 0 Å². The molecular weight excluding hydrogens is 288 g/mol. The van der Waals surface area contributed by atoms with Gasteiger partial charge in [0.15, 0.2) is 0 Å². The summed E-state index contributed by atoms with van der Waals surface area (Å²) < 4.78 is 1.20. The van der Waals surface area contributed by atoms with Gasteiger partial charge < -0.3 is 10.2 Å². The number of nitrogens with one attached hydrogen (secondary N) is 1. The molecule has 0 radical (unpaired) electrons. The lowest BCUT2D eigenvalue weighted by atomic mass is 9.98. The second-order valence-electron chi connectivity index (χ2n) is 5.42. The van der Waals surface area contributed by atoms with E-state index in [2.05, 4.69) is 64.4 Å². The third kappa shape index (κ3) is 3.81. The molecule has 0 aromatic heterocycles. The Bertz CT molecular complexity index is 381. The Balaban J connectivity index is 1.84. The van der Waals surface area contributed by atoms with Crippen molar-refractivity contribution in [2.45, 2.75) is 25.8 Å². The molecule has 1 aromatic rings. The smallest absolute Gasteiger partial charge is 0.0303 e. The molecule has 2 rings (SSSR count). The molecule has 1 fully saturated rings. The predicted octanol–water partition coefficient (Wildman–Crippen LogP) is 3.44. The lowest BCUT2D eigenvalue weighted by Crippen LogP contribution is -2.38. The van der Waals surface area contributed by atoms with Crippen LogP contribution in [0, 0.1) is 5.92 Å². The van der Waals surface area contributed by atoms with Gasteiger partial charge in [-0.25, -0.2) is 0 Å². The van der Waals surface area contributed by atoms with Gasteiger partial charge in [-0.05, 0) is 57.5 Å². The molecule has 2 nitrogen and oxygen atoms in total. The van der Waals surface area contributed by atoms with E-state index < -0.39 is 0 Å². The fourth-order valence-corrected chi connectivity index (χ4v) is 3.35. The van der Waals surface area contributed by atoms with Crippen LogP contribution in [-0.4, -0.2) is 31.6 Å². The molecule has 1 N–H and O–H groups in total. The van der Waals surface area contributed by atoms with E-state index in [4.69, 9.17) is 0 Å². The normalized spacial score (nSPS) is 22.9. The van der Waals surface area contributed by atoms with Gasteiger partial charge in [0, 0.05) is 17.1 Å². The number of piperidine rings is 1. The van der Waals surface area contributed by atoms with E-state index in [0.717, 1.165) is 12.5 Å². The van der Waals surface area contributed by atoms with E-state index in [1.54, 1.807) is 0 Å². The molecule has 1 unspecified atom stereocenters. The Morgan fingerprint density at radius 1 is 1.44 bits per heavy atom. The molecule has 0 spiro atoms. The molecule has 1 aliphatic rings. The average Bonchev–Trinajstić information content (AvgIpc) is 2.37. The van der Waals surface area contributed by atoms with Gasteiger partial charge in [-0.1, -0.05) is 34.1 Å². The van der Waals surface area contributed by atoms with Crippen LogP contribution in [0.4, 0.5) is 0 Å². The number of hydrogen-bond acceptors (Lipinski definition) is 2. The van der Waals surface area contributed by atoms with Gasteiger partial charge >= 0.3 is 0 Å². The van der Waals surface area contributed by atoms with Gasteiger partial charge in [0.2, 0.25) is 0 Å². The van der Waals surface area contributed by atoms with Crippen molar-refractivity contribution in [2.24, 2.45) is 5.92 Å². The van der Waals surface area contributed by atoms with E-state index in [1.165, 1.54) is 36.0 Å². The van der Waals surface area contributed by atoms with Gasteiger partial charge in [0.05, 0.1) is 0 Å². The molecule has 1 aliphatic heterocycles. The minimum Gasteiger partial charge on any atom is -0.310 e. The van der Waals surface area contributed by atoms with Crippen molar-refractivity contribution < 1.29 is 0 Å². The summed E-state index contributed by atoms with van der Waals surface area (Å²) in [6, 6.07) is 8.88. The first-order valence-electron chi connectivity index (χ1n) is 6.83. The number of benzene rings is 1. The van der Waals surface area contributed by atoms with Gasteiger partial charge in [0.25, 0.3) is 0 Å². The second-order valence-corrected chi connectivity index (χ2v) is 6.28. The number of rotatable bonds is 4. The quantitative estimate of drug-likeness (QED) is 0.916. The number of halogens is 1. The van der Waals surface area contributed by atoms with Crippen LogP contribution < -0.4 is 5.32 Å². The van der Waals surface area contributed by atoms with Gasteiger partial charge in [-0.2, -0.15) is 0 Å². The van der Waals surface area contributed by atoms with Crippen molar-refractivity contribution in [3.05, 3.63) is 34.3 Å². The van der Waals surface area contributed by atoms with Crippen LogP contribution in [0.2, 0.25) is 0 Å². The van der Waals surface area contributed by atoms with Crippen molar-refractivity contribution >= 4 is 15.9 Å². The predicted molar refractivity (Wildman–Crippen MR) is 80.8 cm³/mol. The molecule has 0 amide bonds. The SMILES string of the molecule is C[C@@H](NCC1CCCN(C)C1)c1ccccc1Br. The monoisotopic (exact) mass is 310 g/mol. The molecule has 2 atom stereocenters. The average molecular weight is 311 g/mol. The van der Waals surface area contributed by atoms with Gasteiger partial charge in [-0.3, -0.25) is 0 Å². The highest BCUT2D eigenvalue weighted by Crippen LogP contribution is 2.23. The summed E-state index contributed by atoms with van der Waals surface area (Å²) in [6.07, 6.45) is 2.70. The van der Waals surface area contributed by atoms with Crippen LogP contribution in [0.25, 0.3) is 0 Å². The first-order chi connectivity index (χ1) is 8.66. The molecule has 3 heteroatoms. The number of nitrogens with zero attached hydrogens (tertiary/aromatic N) is 1. The van der Waals surface area contributed by atoms with Crippen LogP contribution in [0.5, 0.6) is 0 Å². The maximum Gasteiger partial charge on any atom is 0.0303 e. The van der Waals surface area contributed by atoms with E-state index >= 15 is 0 Å². The lowest BCUT2D eigenvalue weighted by Gasteiger charge is -2.30. The first kappa shape index (κ1) is 14.0. The van der Waals surface area contributed by atoms with Crippen LogP contribution in [0.3, 0.4) is 0 Å². The van der Waals surface area contributed by atoms with Crippen molar-refractivity contribution in [3.8, 4) is 0 Å². The molecule has 18 heavy (non-hydrogen) atoms. The van der Waals surface area contributed by atoms with Gasteiger partial charge in [-0.15, -0.1) is 0 Å². The second kappa shape index (κ2) is 6.69. The minimum atomic E-state index is 0.410. The Hall–Kier alpha value is -0.380. The third-order valence-corrected chi connectivity index (χ3v) is 4.53. The molecule has 0 bridgehead atoms. The van der Waals surface area contributed by atoms with E-state index in [-0.39, 0.29) is 0 Å². The highest BCUT2D eigenvalue weighted by atomic mass is 79.9. The zero-order valence-corrected chi connectivity index (χ0v) is 12.9. The summed E-state index contributed by atoms with van der Waals surface area (Å²) in [6.45, 7) is 5.85. The number of likely N-dealkylation sites (tertiary alicyclic amines) is 1. The summed E-state index contributed by atoms with van der Waals surface area (Å²) in [5.74, 6) is 0.800. The van der Waals surface area contributed by atoms with Crippen molar-refractivity contribution in [1.82, 2.24) is 10.2 Å². The van der Waals surface area contributed by atoms with Crippen LogP contribution in [0.1, 0.15) is 31.4 Å².